The standard InChI is InChI=1S/C16H26N2O/c1-3-12-18-16(19)14(2)17-13-8-7-11-15-9-5-4-6-10-15/h4-6,9-10,14,17H,3,7-8,11-13H2,1-2H3,(H,18,19). The van der Waals surface area contributed by atoms with E-state index in [0.29, 0.717) is 0 Å². The fourth-order valence-corrected chi connectivity index (χ4v) is 1.91. The van der Waals surface area contributed by atoms with Gasteiger partial charge in [-0.2, -0.15) is 0 Å². The van der Waals surface area contributed by atoms with Gasteiger partial charge in [0.05, 0.1) is 6.04 Å². The molecule has 1 aromatic carbocycles. The molecule has 0 saturated carbocycles. The predicted octanol–water partition coefficient (Wildman–Crippen LogP) is 2.51. The number of amides is 1. The largest absolute Gasteiger partial charge is 0.355 e. The second-order valence-corrected chi connectivity index (χ2v) is 4.91. The number of benzene rings is 1. The molecule has 0 aliphatic rings. The molecule has 0 fully saturated rings. The summed E-state index contributed by atoms with van der Waals surface area (Å²) in [4.78, 5) is 11.6. The molecule has 0 spiro atoms. The van der Waals surface area contributed by atoms with E-state index in [-0.39, 0.29) is 11.9 Å². The number of hydrogen-bond acceptors (Lipinski definition) is 2. The summed E-state index contributed by atoms with van der Waals surface area (Å²) in [6, 6.07) is 10.4. The normalized spacial score (nSPS) is 12.1. The molecule has 3 heteroatoms. The topological polar surface area (TPSA) is 41.1 Å². The molecule has 1 atom stereocenters. The van der Waals surface area contributed by atoms with E-state index in [1.165, 1.54) is 5.56 Å². The van der Waals surface area contributed by atoms with E-state index in [9.17, 15) is 4.79 Å². The third kappa shape index (κ3) is 6.97. The Labute approximate surface area is 116 Å². The van der Waals surface area contributed by atoms with Crippen LogP contribution >= 0.6 is 0 Å². The number of carbonyl (C=O) groups excluding carboxylic acids is 1. The zero-order valence-corrected chi connectivity index (χ0v) is 12.1. The number of carbonyl (C=O) groups is 1. The Morgan fingerprint density at radius 2 is 1.89 bits per heavy atom. The van der Waals surface area contributed by atoms with Crippen LogP contribution in [0.2, 0.25) is 0 Å². The first kappa shape index (κ1) is 15.7. The van der Waals surface area contributed by atoms with Crippen molar-refractivity contribution in [2.75, 3.05) is 13.1 Å². The Bertz CT molecular complexity index is 351. The molecule has 1 amide bonds. The fourth-order valence-electron chi connectivity index (χ4n) is 1.91. The zero-order chi connectivity index (χ0) is 13.9. The van der Waals surface area contributed by atoms with E-state index >= 15 is 0 Å². The lowest BCUT2D eigenvalue weighted by Crippen LogP contribution is -2.42. The summed E-state index contributed by atoms with van der Waals surface area (Å²) >= 11 is 0. The Morgan fingerprint density at radius 3 is 2.58 bits per heavy atom. The maximum atomic E-state index is 11.6. The predicted molar refractivity (Wildman–Crippen MR) is 80.1 cm³/mol. The fraction of sp³-hybridized carbons (Fsp3) is 0.562. The lowest BCUT2D eigenvalue weighted by Gasteiger charge is -2.13. The lowest BCUT2D eigenvalue weighted by atomic mass is 10.1. The van der Waals surface area contributed by atoms with Gasteiger partial charge in [0, 0.05) is 6.54 Å². The number of nitrogens with one attached hydrogen (secondary N) is 2. The van der Waals surface area contributed by atoms with Crippen molar-refractivity contribution in [3.63, 3.8) is 0 Å². The molecular weight excluding hydrogens is 236 g/mol. The highest BCUT2D eigenvalue weighted by atomic mass is 16.2. The number of hydrogen-bond donors (Lipinski definition) is 2. The van der Waals surface area contributed by atoms with Crippen molar-refractivity contribution in [1.29, 1.82) is 0 Å². The van der Waals surface area contributed by atoms with Gasteiger partial charge in [-0.1, -0.05) is 37.3 Å². The first-order valence-electron chi connectivity index (χ1n) is 7.29. The molecule has 0 aliphatic heterocycles. The Hall–Kier alpha value is -1.35. The molecule has 0 aromatic heterocycles. The van der Waals surface area contributed by atoms with Crippen LogP contribution in [0.1, 0.15) is 38.7 Å². The summed E-state index contributed by atoms with van der Waals surface area (Å²) in [5, 5.41) is 6.16. The summed E-state index contributed by atoms with van der Waals surface area (Å²) < 4.78 is 0. The molecule has 0 heterocycles. The van der Waals surface area contributed by atoms with E-state index < -0.39 is 0 Å². The van der Waals surface area contributed by atoms with E-state index in [4.69, 9.17) is 0 Å². The van der Waals surface area contributed by atoms with Gasteiger partial charge in [0.15, 0.2) is 0 Å². The van der Waals surface area contributed by atoms with Crippen LogP contribution in [0, 0.1) is 0 Å². The van der Waals surface area contributed by atoms with Crippen molar-refractivity contribution >= 4 is 5.91 Å². The minimum atomic E-state index is -0.0942. The van der Waals surface area contributed by atoms with Crippen LogP contribution < -0.4 is 10.6 Å². The molecule has 1 rings (SSSR count). The highest BCUT2D eigenvalue weighted by Gasteiger charge is 2.09. The average molecular weight is 262 g/mol. The first-order valence-corrected chi connectivity index (χ1v) is 7.29. The zero-order valence-electron chi connectivity index (χ0n) is 12.1. The second-order valence-electron chi connectivity index (χ2n) is 4.91. The van der Waals surface area contributed by atoms with Crippen molar-refractivity contribution in [3.8, 4) is 0 Å². The average Bonchev–Trinajstić information content (AvgIpc) is 2.45. The van der Waals surface area contributed by atoms with Gasteiger partial charge in [0.2, 0.25) is 5.91 Å². The van der Waals surface area contributed by atoms with Gasteiger partial charge >= 0.3 is 0 Å². The molecular formula is C16H26N2O. The third-order valence-electron chi connectivity index (χ3n) is 3.13. The maximum absolute atomic E-state index is 11.6. The van der Waals surface area contributed by atoms with E-state index in [1.54, 1.807) is 0 Å². The molecule has 19 heavy (non-hydrogen) atoms. The van der Waals surface area contributed by atoms with Crippen LogP contribution in [0.4, 0.5) is 0 Å². The summed E-state index contributed by atoms with van der Waals surface area (Å²) in [5.41, 5.74) is 1.39. The Morgan fingerprint density at radius 1 is 1.16 bits per heavy atom. The smallest absolute Gasteiger partial charge is 0.236 e. The van der Waals surface area contributed by atoms with Gasteiger partial charge in [-0.15, -0.1) is 0 Å². The monoisotopic (exact) mass is 262 g/mol. The van der Waals surface area contributed by atoms with Gasteiger partial charge in [-0.05, 0) is 44.7 Å². The summed E-state index contributed by atoms with van der Waals surface area (Å²) in [5.74, 6) is 0.102. The SMILES string of the molecule is CCCNC(=O)C(C)NCCCCc1ccccc1. The quantitative estimate of drug-likeness (QED) is 0.671. The van der Waals surface area contributed by atoms with Crippen molar-refractivity contribution in [1.82, 2.24) is 10.6 Å². The summed E-state index contributed by atoms with van der Waals surface area (Å²) in [7, 11) is 0. The Kier molecular flexibility index (Phi) is 7.91. The van der Waals surface area contributed by atoms with E-state index in [0.717, 1.165) is 38.8 Å². The van der Waals surface area contributed by atoms with Crippen LogP contribution in [0.3, 0.4) is 0 Å². The van der Waals surface area contributed by atoms with Crippen LogP contribution in [0.15, 0.2) is 30.3 Å². The number of unbranched alkanes of at least 4 members (excludes halogenated alkanes) is 1. The molecule has 106 valence electrons. The molecule has 1 unspecified atom stereocenters. The summed E-state index contributed by atoms with van der Waals surface area (Å²) in [6.45, 7) is 5.64. The van der Waals surface area contributed by atoms with Gasteiger partial charge in [-0.3, -0.25) is 4.79 Å². The van der Waals surface area contributed by atoms with Crippen molar-refractivity contribution in [2.45, 2.75) is 45.6 Å². The minimum Gasteiger partial charge on any atom is -0.355 e. The van der Waals surface area contributed by atoms with Crippen LogP contribution in [-0.4, -0.2) is 25.0 Å². The molecule has 0 radical (unpaired) electrons. The van der Waals surface area contributed by atoms with Crippen LogP contribution in [-0.2, 0) is 11.2 Å². The van der Waals surface area contributed by atoms with E-state index in [1.807, 2.05) is 13.0 Å². The highest BCUT2D eigenvalue weighted by molar-refractivity contribution is 5.81. The maximum Gasteiger partial charge on any atom is 0.236 e. The van der Waals surface area contributed by atoms with Crippen LogP contribution in [0.5, 0.6) is 0 Å². The van der Waals surface area contributed by atoms with Crippen LogP contribution in [0.25, 0.3) is 0 Å². The lowest BCUT2D eigenvalue weighted by molar-refractivity contribution is -0.122. The second kappa shape index (κ2) is 9.56. The minimum absolute atomic E-state index is 0.0942. The summed E-state index contributed by atoms with van der Waals surface area (Å²) in [6.07, 6.45) is 4.34. The van der Waals surface area contributed by atoms with Crippen molar-refractivity contribution in [2.24, 2.45) is 0 Å². The van der Waals surface area contributed by atoms with Crippen molar-refractivity contribution < 1.29 is 4.79 Å². The Balaban J connectivity index is 2.05. The number of aryl methyl sites for hydroxylation is 1. The van der Waals surface area contributed by atoms with Gasteiger partial charge in [0.25, 0.3) is 0 Å². The van der Waals surface area contributed by atoms with Gasteiger partial charge in [0.1, 0.15) is 0 Å². The highest BCUT2D eigenvalue weighted by Crippen LogP contribution is 2.03. The van der Waals surface area contributed by atoms with E-state index in [2.05, 4.69) is 41.8 Å². The molecule has 3 nitrogen and oxygen atoms in total. The van der Waals surface area contributed by atoms with Crippen molar-refractivity contribution in [3.05, 3.63) is 35.9 Å². The molecule has 1 aromatic rings. The molecule has 0 aliphatic carbocycles. The molecule has 0 saturated heterocycles. The van der Waals surface area contributed by atoms with Gasteiger partial charge < -0.3 is 10.6 Å². The van der Waals surface area contributed by atoms with Gasteiger partial charge in [-0.25, -0.2) is 0 Å². The molecule has 2 N–H and O–H groups in total. The molecule has 0 bridgehead atoms. The third-order valence-corrected chi connectivity index (χ3v) is 3.13. The first-order chi connectivity index (χ1) is 9.24. The number of rotatable bonds is 9.